The van der Waals surface area contributed by atoms with E-state index in [0.29, 0.717) is 12.6 Å². The fourth-order valence-electron chi connectivity index (χ4n) is 4.13. The average molecular weight is 356 g/mol. The highest BCUT2D eigenvalue weighted by atomic mass is 35.5. The topological polar surface area (TPSA) is 49.6 Å². The molecule has 3 rings (SSSR count). The molecule has 2 heterocycles. The molecule has 1 aromatic carbocycles. The van der Waals surface area contributed by atoms with E-state index in [4.69, 9.17) is 5.73 Å². The van der Waals surface area contributed by atoms with Crippen LogP contribution in [0.3, 0.4) is 0 Å². The molecule has 0 spiro atoms. The molecule has 0 aromatic heterocycles. The zero-order chi connectivity index (χ0) is 16.4. The van der Waals surface area contributed by atoms with Crippen LogP contribution in [0.15, 0.2) is 18.2 Å². The van der Waals surface area contributed by atoms with Crippen LogP contribution in [0.4, 0.5) is 9.18 Å². The first-order valence-electron chi connectivity index (χ1n) is 8.62. The molecule has 0 bridgehead atoms. The number of primary amides is 1. The van der Waals surface area contributed by atoms with E-state index in [0.717, 1.165) is 37.1 Å². The van der Waals surface area contributed by atoms with Gasteiger partial charge >= 0.3 is 6.03 Å². The fraction of sp³-hybridized carbons (Fsp3) is 0.611. The van der Waals surface area contributed by atoms with Crippen LogP contribution in [0.1, 0.15) is 49.3 Å². The third-order valence-electron chi connectivity index (χ3n) is 5.36. The van der Waals surface area contributed by atoms with E-state index in [1.165, 1.54) is 25.3 Å². The second-order valence-electron chi connectivity index (χ2n) is 6.82. The summed E-state index contributed by atoms with van der Waals surface area (Å²) in [7, 11) is 0. The van der Waals surface area contributed by atoms with E-state index in [1.54, 1.807) is 11.0 Å². The Morgan fingerprint density at radius 2 is 1.92 bits per heavy atom. The monoisotopic (exact) mass is 355 g/mol. The van der Waals surface area contributed by atoms with Gasteiger partial charge in [0.2, 0.25) is 0 Å². The Balaban J connectivity index is 0.00000208. The van der Waals surface area contributed by atoms with Gasteiger partial charge in [0, 0.05) is 12.6 Å². The minimum Gasteiger partial charge on any atom is -0.351 e. The number of urea groups is 1. The number of benzene rings is 1. The minimum atomic E-state index is -0.379. The van der Waals surface area contributed by atoms with Crippen molar-refractivity contribution in [2.24, 2.45) is 5.73 Å². The molecule has 4 nitrogen and oxygen atoms in total. The van der Waals surface area contributed by atoms with Gasteiger partial charge < -0.3 is 15.5 Å². The molecule has 2 aliphatic heterocycles. The van der Waals surface area contributed by atoms with Crippen LogP contribution in [-0.2, 0) is 0 Å². The molecule has 0 radical (unpaired) electrons. The van der Waals surface area contributed by atoms with Crippen LogP contribution in [0.2, 0.25) is 0 Å². The quantitative estimate of drug-likeness (QED) is 0.880. The number of carbonyl (C=O) groups excluding carboxylic acids is 1. The van der Waals surface area contributed by atoms with Gasteiger partial charge in [0.1, 0.15) is 5.82 Å². The SMILES string of the molecule is Cc1cc(F)ccc1C1CC(N2CCCCC2)CCN1C(N)=O.Cl. The first-order valence-corrected chi connectivity index (χ1v) is 8.62. The van der Waals surface area contributed by atoms with Crippen molar-refractivity contribution in [3.63, 3.8) is 0 Å². The van der Waals surface area contributed by atoms with Gasteiger partial charge in [-0.25, -0.2) is 9.18 Å². The van der Waals surface area contributed by atoms with Gasteiger partial charge in [-0.1, -0.05) is 12.5 Å². The van der Waals surface area contributed by atoms with Crippen LogP contribution >= 0.6 is 12.4 Å². The number of amides is 2. The standard InChI is InChI=1S/C18H26FN3O.ClH/c1-13-11-14(19)5-6-16(13)17-12-15(7-10-22(17)18(20)23)21-8-3-2-4-9-21;/h5-6,11,15,17H,2-4,7-10,12H2,1H3,(H2,20,23);1H. The Kier molecular flexibility index (Phi) is 6.47. The Morgan fingerprint density at radius 3 is 2.54 bits per heavy atom. The van der Waals surface area contributed by atoms with Gasteiger partial charge in [0.15, 0.2) is 0 Å². The van der Waals surface area contributed by atoms with E-state index in [-0.39, 0.29) is 30.3 Å². The molecule has 1 aromatic rings. The fourth-order valence-corrected chi connectivity index (χ4v) is 4.13. The third kappa shape index (κ3) is 4.01. The lowest BCUT2D eigenvalue weighted by Gasteiger charge is -2.44. The maximum atomic E-state index is 13.4. The van der Waals surface area contributed by atoms with E-state index >= 15 is 0 Å². The van der Waals surface area contributed by atoms with E-state index < -0.39 is 0 Å². The number of halogens is 2. The normalized spacial score (nSPS) is 25.2. The molecule has 6 heteroatoms. The van der Waals surface area contributed by atoms with Gasteiger partial charge in [-0.05, 0) is 69.0 Å². The number of aryl methyl sites for hydroxylation is 1. The van der Waals surface area contributed by atoms with Crippen LogP contribution in [0.5, 0.6) is 0 Å². The van der Waals surface area contributed by atoms with Crippen LogP contribution < -0.4 is 5.73 Å². The number of nitrogens with two attached hydrogens (primary N) is 1. The summed E-state index contributed by atoms with van der Waals surface area (Å²) < 4.78 is 13.4. The van der Waals surface area contributed by atoms with Gasteiger partial charge in [0.05, 0.1) is 6.04 Å². The molecule has 0 saturated carbocycles. The summed E-state index contributed by atoms with van der Waals surface area (Å²) >= 11 is 0. The van der Waals surface area contributed by atoms with Crippen molar-refractivity contribution in [2.45, 2.75) is 51.1 Å². The maximum absolute atomic E-state index is 13.4. The zero-order valence-corrected chi connectivity index (χ0v) is 15.0. The second kappa shape index (κ2) is 8.17. The molecule has 2 aliphatic rings. The van der Waals surface area contributed by atoms with Crippen LogP contribution in [-0.4, -0.2) is 41.5 Å². The smallest absolute Gasteiger partial charge is 0.315 e. The molecule has 2 N–H and O–H groups in total. The predicted octanol–water partition coefficient (Wildman–Crippen LogP) is 3.63. The van der Waals surface area contributed by atoms with Gasteiger partial charge in [-0.2, -0.15) is 0 Å². The molecule has 2 fully saturated rings. The van der Waals surface area contributed by atoms with E-state index in [1.807, 2.05) is 13.0 Å². The van der Waals surface area contributed by atoms with Crippen molar-refractivity contribution in [1.29, 1.82) is 0 Å². The van der Waals surface area contributed by atoms with Crippen molar-refractivity contribution < 1.29 is 9.18 Å². The van der Waals surface area contributed by atoms with Crippen molar-refractivity contribution in [1.82, 2.24) is 9.80 Å². The molecule has 2 saturated heterocycles. The summed E-state index contributed by atoms with van der Waals surface area (Å²) in [4.78, 5) is 16.2. The van der Waals surface area contributed by atoms with E-state index in [9.17, 15) is 9.18 Å². The lowest BCUT2D eigenvalue weighted by Crippen LogP contribution is -2.50. The van der Waals surface area contributed by atoms with Crippen molar-refractivity contribution in [2.75, 3.05) is 19.6 Å². The maximum Gasteiger partial charge on any atom is 0.315 e. The number of piperidine rings is 2. The summed E-state index contributed by atoms with van der Waals surface area (Å²) in [5.74, 6) is -0.236. The summed E-state index contributed by atoms with van der Waals surface area (Å²) in [6.45, 7) is 4.88. The second-order valence-corrected chi connectivity index (χ2v) is 6.82. The zero-order valence-electron chi connectivity index (χ0n) is 14.2. The lowest BCUT2D eigenvalue weighted by atomic mass is 9.88. The minimum absolute atomic E-state index is 0. The third-order valence-corrected chi connectivity index (χ3v) is 5.36. The summed E-state index contributed by atoms with van der Waals surface area (Å²) in [6.07, 6.45) is 5.69. The summed E-state index contributed by atoms with van der Waals surface area (Å²) in [6, 6.07) is 4.89. The highest BCUT2D eigenvalue weighted by Crippen LogP contribution is 2.35. The molecule has 0 aliphatic carbocycles. The Labute approximate surface area is 149 Å². The van der Waals surface area contributed by atoms with Gasteiger partial charge in [0.25, 0.3) is 0 Å². The number of hydrogen-bond acceptors (Lipinski definition) is 2. The van der Waals surface area contributed by atoms with Crippen molar-refractivity contribution in [3.8, 4) is 0 Å². The molecular formula is C18H27ClFN3O. The van der Waals surface area contributed by atoms with Crippen molar-refractivity contribution >= 4 is 18.4 Å². The molecule has 2 unspecified atom stereocenters. The molecular weight excluding hydrogens is 329 g/mol. The van der Waals surface area contributed by atoms with Gasteiger partial charge in [-0.15, -0.1) is 12.4 Å². The van der Waals surface area contributed by atoms with Crippen LogP contribution in [0.25, 0.3) is 0 Å². The number of carbonyl (C=O) groups is 1. The first kappa shape index (κ1) is 19.0. The molecule has 2 atom stereocenters. The first-order chi connectivity index (χ1) is 11.1. The predicted molar refractivity (Wildman–Crippen MR) is 95.9 cm³/mol. The average Bonchev–Trinajstić information content (AvgIpc) is 2.55. The molecule has 2 amide bonds. The molecule has 134 valence electrons. The largest absolute Gasteiger partial charge is 0.351 e. The number of likely N-dealkylation sites (tertiary alicyclic amines) is 2. The Morgan fingerprint density at radius 1 is 1.21 bits per heavy atom. The Bertz CT molecular complexity index is 577. The number of hydrogen-bond donors (Lipinski definition) is 1. The lowest BCUT2D eigenvalue weighted by molar-refractivity contribution is 0.0726. The van der Waals surface area contributed by atoms with E-state index in [2.05, 4.69) is 4.90 Å². The summed E-state index contributed by atoms with van der Waals surface area (Å²) in [5, 5.41) is 0. The van der Waals surface area contributed by atoms with Gasteiger partial charge in [-0.3, -0.25) is 0 Å². The number of nitrogens with zero attached hydrogens (tertiary/aromatic N) is 2. The highest BCUT2D eigenvalue weighted by molar-refractivity contribution is 5.85. The Hall–Kier alpha value is -1.33. The number of rotatable bonds is 2. The van der Waals surface area contributed by atoms with Crippen LogP contribution in [0, 0.1) is 12.7 Å². The van der Waals surface area contributed by atoms with Crippen molar-refractivity contribution in [3.05, 3.63) is 35.1 Å². The summed E-state index contributed by atoms with van der Waals surface area (Å²) in [5.41, 5.74) is 7.51. The molecule has 24 heavy (non-hydrogen) atoms. The highest BCUT2D eigenvalue weighted by Gasteiger charge is 2.35.